The van der Waals surface area contributed by atoms with Crippen LogP contribution in [-0.4, -0.2) is 22.9 Å². The molecule has 0 aromatic rings. The molecule has 3 nitrogen and oxygen atoms in total. The first kappa shape index (κ1) is 27.0. The first-order chi connectivity index (χ1) is 8.75. The molecular weight excluding hydrogens is 1550 g/mol. The summed E-state index contributed by atoms with van der Waals surface area (Å²) in [5, 5.41) is 0. The van der Waals surface area contributed by atoms with E-state index in [1.54, 1.807) is 0 Å². The van der Waals surface area contributed by atoms with Gasteiger partial charge in [0.1, 0.15) is 7.14 Å². The smallest absolute Gasteiger partial charge is 0.284 e. The van der Waals surface area contributed by atoms with Gasteiger partial charge in [0.15, 0.2) is 2.75 Å². The maximum Gasteiger partial charge on any atom is 0.284 e. The molecule has 0 unspecified atom stereocenters. The number of hydrogen-bond acceptors (Lipinski definition) is 2. The molecule has 1 fully saturated rings. The van der Waals surface area contributed by atoms with E-state index in [-0.39, 0.29) is 1.43 Å². The summed E-state index contributed by atoms with van der Waals surface area (Å²) in [6.07, 6.45) is 0. The molecule has 0 amide bonds. The quantitative estimate of drug-likeness (QED) is 0.166. The molecule has 15 heteroatoms. The van der Waals surface area contributed by atoms with Gasteiger partial charge in [-0.05, 0) is 0 Å². The fourth-order valence-electron chi connectivity index (χ4n) is 1.52. The largest absolute Gasteiger partial charge is 0.284 e. The Morgan fingerprint density at radius 2 is 0.714 bits per heavy atom. The molecule has 0 aliphatic heterocycles. The molecule has 1 saturated carbocycles. The summed E-state index contributed by atoms with van der Waals surface area (Å²) >= 11 is 25.0. The number of hydrogen-bond donors (Lipinski definition) is 1. The second-order valence-corrected chi connectivity index (χ2v) is 34.4. The highest BCUT2D eigenvalue weighted by molar-refractivity contribution is 14.2. The SMILES string of the molecule is O=S(=O)(O)C1(I)C(I)(I)C(I)(I)C(I)(I)C(I)(I)C1(I)I. The fraction of sp³-hybridized carbons (Fsp3) is 1.00. The van der Waals surface area contributed by atoms with Crippen molar-refractivity contribution in [1.29, 1.82) is 0 Å². The zero-order chi connectivity index (χ0) is 17.5. The van der Waals surface area contributed by atoms with E-state index in [2.05, 4.69) is 226 Å². The summed E-state index contributed by atoms with van der Waals surface area (Å²) in [5.74, 6) is 0. The van der Waals surface area contributed by atoms with Gasteiger partial charge in [0.25, 0.3) is 10.1 Å². The minimum atomic E-state index is -4.30. The van der Waals surface area contributed by atoms with Crippen LogP contribution in [0.15, 0.2) is 0 Å². The maximum atomic E-state index is 12.4. The lowest BCUT2D eigenvalue weighted by Gasteiger charge is -2.65. The number of halogens is 11. The minimum Gasteiger partial charge on any atom is -0.284 e. The zero-order valence-corrected chi connectivity index (χ0v) is 33.4. The van der Waals surface area contributed by atoms with Crippen LogP contribution in [0.25, 0.3) is 0 Å². The summed E-state index contributed by atoms with van der Waals surface area (Å²) in [5.41, 5.74) is 0. The van der Waals surface area contributed by atoms with Crippen LogP contribution in [0.3, 0.4) is 0 Å². The average Bonchev–Trinajstić information content (AvgIpc) is 2.23. The topological polar surface area (TPSA) is 54.4 Å². The van der Waals surface area contributed by atoms with E-state index in [0.29, 0.717) is 0 Å². The molecule has 1 aliphatic carbocycles. The van der Waals surface area contributed by atoms with E-state index in [0.717, 1.165) is 0 Å². The highest BCUT2D eigenvalue weighted by Crippen LogP contribution is 2.83. The summed E-state index contributed by atoms with van der Waals surface area (Å²) in [6, 6.07) is 0. The molecule has 0 heterocycles. The highest BCUT2D eigenvalue weighted by Gasteiger charge is 2.87. The van der Waals surface area contributed by atoms with Crippen molar-refractivity contribution >= 4 is 259 Å². The predicted octanol–water partition coefficient (Wildman–Crippen LogP) is 7.85. The highest BCUT2D eigenvalue weighted by atomic mass is 127. The molecule has 0 atom stereocenters. The van der Waals surface area contributed by atoms with Crippen LogP contribution in [0.1, 0.15) is 0 Å². The Morgan fingerprint density at radius 3 is 0.905 bits per heavy atom. The average molecular weight is 1550 g/mol. The van der Waals surface area contributed by atoms with Gasteiger partial charge >= 0.3 is 0 Å². The van der Waals surface area contributed by atoms with Gasteiger partial charge in [-0.2, -0.15) is 8.42 Å². The molecule has 0 saturated heterocycles. The van der Waals surface area contributed by atoms with Crippen molar-refractivity contribution in [3.63, 3.8) is 0 Å². The van der Waals surface area contributed by atoms with E-state index in [9.17, 15) is 13.0 Å². The Kier molecular flexibility index (Phi) is 10.4. The zero-order valence-electron chi connectivity index (χ0n) is 8.83. The van der Waals surface area contributed by atoms with Crippen LogP contribution in [-0.2, 0) is 10.1 Å². The Balaban J connectivity index is 4.02. The summed E-state index contributed by atoms with van der Waals surface area (Å²) in [4.78, 5) is 0. The van der Waals surface area contributed by atoms with Gasteiger partial charge in [0, 0.05) is 0 Å². The van der Waals surface area contributed by atoms with Gasteiger partial charge in [-0.3, -0.25) is 4.55 Å². The Labute approximate surface area is 273 Å². The maximum absolute atomic E-state index is 12.4. The molecule has 1 aliphatic rings. The van der Waals surface area contributed by atoms with Crippen LogP contribution >= 0.6 is 248 Å². The molecule has 0 bridgehead atoms. The van der Waals surface area contributed by atoms with E-state index in [4.69, 9.17) is 0 Å². The van der Waals surface area contributed by atoms with Crippen molar-refractivity contribution in [2.75, 3.05) is 0 Å². The van der Waals surface area contributed by atoms with Crippen molar-refractivity contribution in [1.82, 2.24) is 0 Å². The van der Waals surface area contributed by atoms with E-state index >= 15 is 0 Å². The third-order valence-electron chi connectivity index (χ3n) is 2.74. The van der Waals surface area contributed by atoms with Crippen LogP contribution in [0.2, 0.25) is 0 Å². The van der Waals surface area contributed by atoms with Gasteiger partial charge < -0.3 is 0 Å². The van der Waals surface area contributed by atoms with Crippen LogP contribution in [0.4, 0.5) is 0 Å². The lowest BCUT2D eigenvalue weighted by atomic mass is 9.99. The first-order valence-corrected chi connectivity index (χ1v) is 17.6. The second-order valence-electron chi connectivity index (χ2n) is 3.94. The molecular formula is C6HI11O3S. The molecule has 0 spiro atoms. The van der Waals surface area contributed by atoms with Crippen LogP contribution < -0.4 is 0 Å². The van der Waals surface area contributed by atoms with Crippen molar-refractivity contribution < 1.29 is 13.0 Å². The first-order valence-electron chi connectivity index (χ1n) is 4.30. The fourth-order valence-corrected chi connectivity index (χ4v) is 25.8. The molecule has 1 N–H and O–H groups in total. The summed E-state index contributed by atoms with van der Waals surface area (Å²) < 4.78 is 31.0. The van der Waals surface area contributed by atoms with Crippen molar-refractivity contribution in [2.24, 2.45) is 0 Å². The van der Waals surface area contributed by atoms with E-state index in [1.165, 1.54) is 0 Å². The van der Waals surface area contributed by atoms with E-state index in [1.807, 2.05) is 22.6 Å². The Bertz CT molecular complexity index is 535. The Hall–Kier alpha value is 7.94. The van der Waals surface area contributed by atoms with Gasteiger partial charge in [-0.1, -0.05) is 248 Å². The molecule has 0 aromatic heterocycles. The van der Waals surface area contributed by atoms with Gasteiger partial charge in [-0.15, -0.1) is 0 Å². The van der Waals surface area contributed by atoms with Crippen LogP contribution in [0, 0.1) is 0 Å². The molecule has 1 rings (SSSR count). The van der Waals surface area contributed by atoms with Gasteiger partial charge in [-0.25, -0.2) is 0 Å². The van der Waals surface area contributed by atoms with Gasteiger partial charge in [0.2, 0.25) is 0 Å². The predicted molar refractivity (Wildman–Crippen MR) is 182 cm³/mol. The molecule has 0 aromatic carbocycles. The van der Waals surface area contributed by atoms with Crippen molar-refractivity contribution in [3.05, 3.63) is 0 Å². The molecule has 0 radical (unpaired) electrons. The third kappa shape index (κ3) is 3.74. The summed E-state index contributed by atoms with van der Waals surface area (Å²) in [6.45, 7) is 0. The summed E-state index contributed by atoms with van der Waals surface area (Å²) in [7, 11) is -4.30. The lowest BCUT2D eigenvalue weighted by molar-refractivity contribution is 0.439. The minimum absolute atomic E-state index is 0.262. The van der Waals surface area contributed by atoms with Crippen molar-refractivity contribution in [2.45, 2.75) is 9.90 Å². The standard InChI is InChI=1S/C6HI11O3S/c7-1(8)2(9,10)4(13,14)6(17,21(18,19)20)5(15,16)3(1,11)12/h(H,18,19,20). The Morgan fingerprint density at radius 1 is 0.524 bits per heavy atom. The lowest BCUT2D eigenvalue weighted by Crippen LogP contribution is -2.79. The monoisotopic (exact) mass is 1550 g/mol. The molecule has 126 valence electrons. The third-order valence-corrected chi connectivity index (χ3v) is 45.6. The normalized spacial score (nSPS) is 31.6. The van der Waals surface area contributed by atoms with E-state index < -0.39 is 18.6 Å². The van der Waals surface area contributed by atoms with Gasteiger partial charge in [0.05, 0.1) is 0 Å². The van der Waals surface area contributed by atoms with Crippen LogP contribution in [0.5, 0.6) is 0 Å². The second kappa shape index (κ2) is 8.13. The molecule has 21 heavy (non-hydrogen) atoms. The number of rotatable bonds is 1. The van der Waals surface area contributed by atoms with Crippen molar-refractivity contribution in [3.8, 4) is 0 Å². The number of alkyl halides is 11.